The van der Waals surface area contributed by atoms with Crippen LogP contribution in [0.3, 0.4) is 0 Å². The minimum absolute atomic E-state index is 0.0309. The fraction of sp³-hybridized carbons (Fsp3) is 0.200. The standard InChI is InChI=1S/C15H10F2N2O4/c16-15(17)22-13-4-1-9(5-14(13)23-15)11(20)2-3-12(21)10-6-18-8-19-7-10/h1,4-8H,2-3H2. The summed E-state index contributed by atoms with van der Waals surface area (Å²) in [6, 6.07) is 3.76. The Morgan fingerprint density at radius 3 is 2.26 bits per heavy atom. The summed E-state index contributed by atoms with van der Waals surface area (Å²) < 4.78 is 34.4. The first kappa shape index (κ1) is 15.0. The zero-order chi connectivity index (χ0) is 16.4. The van der Waals surface area contributed by atoms with E-state index in [0.29, 0.717) is 5.56 Å². The summed E-state index contributed by atoms with van der Waals surface area (Å²) in [5, 5.41) is 0. The summed E-state index contributed by atoms with van der Waals surface area (Å²) in [4.78, 5) is 31.4. The van der Waals surface area contributed by atoms with E-state index in [1.54, 1.807) is 0 Å². The Morgan fingerprint density at radius 1 is 0.957 bits per heavy atom. The van der Waals surface area contributed by atoms with Gasteiger partial charge in [-0.1, -0.05) is 0 Å². The third kappa shape index (κ3) is 3.31. The van der Waals surface area contributed by atoms with Crippen molar-refractivity contribution in [1.82, 2.24) is 9.97 Å². The van der Waals surface area contributed by atoms with Crippen LogP contribution in [0, 0.1) is 0 Å². The molecule has 1 aliphatic heterocycles. The number of ether oxygens (including phenoxy) is 2. The lowest BCUT2D eigenvalue weighted by Gasteiger charge is -2.04. The van der Waals surface area contributed by atoms with Gasteiger partial charge in [-0.05, 0) is 18.2 Å². The summed E-state index contributed by atoms with van der Waals surface area (Å²) in [7, 11) is 0. The number of fused-ring (bicyclic) bond motifs is 1. The predicted octanol–water partition coefficient (Wildman–Crippen LogP) is 2.64. The Bertz CT molecular complexity index is 765. The van der Waals surface area contributed by atoms with Crippen molar-refractivity contribution in [1.29, 1.82) is 0 Å². The van der Waals surface area contributed by atoms with Gasteiger partial charge in [0.1, 0.15) is 6.33 Å². The van der Waals surface area contributed by atoms with Gasteiger partial charge in [-0.2, -0.15) is 0 Å². The lowest BCUT2D eigenvalue weighted by Crippen LogP contribution is -2.25. The van der Waals surface area contributed by atoms with Crippen molar-refractivity contribution in [2.24, 2.45) is 0 Å². The van der Waals surface area contributed by atoms with Crippen molar-refractivity contribution in [3.05, 3.63) is 48.0 Å². The summed E-state index contributed by atoms with van der Waals surface area (Å²) in [6.07, 6.45) is 0.198. The number of halogens is 2. The van der Waals surface area contributed by atoms with Crippen molar-refractivity contribution in [2.75, 3.05) is 0 Å². The third-order valence-electron chi connectivity index (χ3n) is 3.18. The van der Waals surface area contributed by atoms with Gasteiger partial charge in [-0.15, -0.1) is 8.78 Å². The molecule has 6 nitrogen and oxygen atoms in total. The molecule has 3 rings (SSSR count). The average molecular weight is 320 g/mol. The molecule has 1 aromatic heterocycles. The van der Waals surface area contributed by atoms with Crippen molar-refractivity contribution >= 4 is 11.6 Å². The highest BCUT2D eigenvalue weighted by Gasteiger charge is 2.43. The van der Waals surface area contributed by atoms with E-state index < -0.39 is 6.29 Å². The fourth-order valence-electron chi connectivity index (χ4n) is 2.08. The Morgan fingerprint density at radius 2 is 1.57 bits per heavy atom. The molecule has 0 saturated heterocycles. The second-order valence-corrected chi connectivity index (χ2v) is 4.80. The maximum atomic E-state index is 12.9. The van der Waals surface area contributed by atoms with Crippen LogP contribution >= 0.6 is 0 Å². The van der Waals surface area contributed by atoms with Gasteiger partial charge in [-0.3, -0.25) is 9.59 Å². The number of carbonyl (C=O) groups is 2. The fourth-order valence-corrected chi connectivity index (χ4v) is 2.08. The van der Waals surface area contributed by atoms with Crippen LogP contribution < -0.4 is 9.47 Å². The number of hydrogen-bond donors (Lipinski definition) is 0. The number of ketones is 2. The molecular weight excluding hydrogens is 310 g/mol. The number of aromatic nitrogens is 2. The van der Waals surface area contributed by atoms with Crippen LogP contribution in [0.25, 0.3) is 0 Å². The number of hydrogen-bond acceptors (Lipinski definition) is 6. The van der Waals surface area contributed by atoms with Gasteiger partial charge >= 0.3 is 6.29 Å². The first-order valence-electron chi connectivity index (χ1n) is 6.66. The zero-order valence-electron chi connectivity index (χ0n) is 11.7. The van der Waals surface area contributed by atoms with Gasteiger partial charge in [0, 0.05) is 30.8 Å². The van der Waals surface area contributed by atoms with Gasteiger partial charge in [0.05, 0.1) is 5.56 Å². The molecule has 8 heteroatoms. The van der Waals surface area contributed by atoms with Crippen molar-refractivity contribution in [2.45, 2.75) is 19.1 Å². The van der Waals surface area contributed by atoms with Crippen molar-refractivity contribution < 1.29 is 27.8 Å². The molecular formula is C15H10F2N2O4. The SMILES string of the molecule is O=C(CCC(=O)c1ccc2c(c1)OC(F)(F)O2)c1cncnc1. The number of rotatable bonds is 5. The Kier molecular flexibility index (Phi) is 3.73. The van der Waals surface area contributed by atoms with Gasteiger partial charge < -0.3 is 9.47 Å². The molecule has 0 radical (unpaired) electrons. The van der Waals surface area contributed by atoms with E-state index in [1.165, 1.54) is 36.9 Å². The molecule has 0 fully saturated rings. The third-order valence-corrected chi connectivity index (χ3v) is 3.18. The second kappa shape index (κ2) is 5.71. The first-order chi connectivity index (χ1) is 10.9. The van der Waals surface area contributed by atoms with Crippen LogP contribution in [-0.4, -0.2) is 27.8 Å². The summed E-state index contributed by atoms with van der Waals surface area (Å²) in [5.41, 5.74) is 0.479. The summed E-state index contributed by atoms with van der Waals surface area (Å²) >= 11 is 0. The van der Waals surface area contributed by atoms with Crippen LogP contribution in [-0.2, 0) is 0 Å². The first-order valence-corrected chi connectivity index (χ1v) is 6.66. The normalized spacial score (nSPS) is 14.5. The topological polar surface area (TPSA) is 78.4 Å². The largest absolute Gasteiger partial charge is 0.586 e. The lowest BCUT2D eigenvalue weighted by molar-refractivity contribution is -0.286. The molecule has 2 aromatic rings. The van der Waals surface area contributed by atoms with E-state index >= 15 is 0 Å². The number of benzene rings is 1. The molecule has 0 saturated carbocycles. The molecule has 0 unspecified atom stereocenters. The van der Waals surface area contributed by atoms with Crippen LogP contribution in [0.5, 0.6) is 11.5 Å². The maximum absolute atomic E-state index is 12.9. The minimum Gasteiger partial charge on any atom is -0.395 e. The van der Waals surface area contributed by atoms with Crippen LogP contribution in [0.4, 0.5) is 8.78 Å². The van der Waals surface area contributed by atoms with Gasteiger partial charge in [0.15, 0.2) is 23.1 Å². The molecule has 0 bridgehead atoms. The summed E-state index contributed by atoms with van der Waals surface area (Å²) in [6.45, 7) is 0. The van der Waals surface area contributed by atoms with Crippen LogP contribution in [0.2, 0.25) is 0 Å². The number of Topliss-reactive ketones (excluding diaryl/α,β-unsaturated/α-hetero) is 2. The van der Waals surface area contributed by atoms with E-state index in [2.05, 4.69) is 19.4 Å². The molecule has 0 N–H and O–H groups in total. The van der Waals surface area contributed by atoms with E-state index in [0.717, 1.165) is 0 Å². The van der Waals surface area contributed by atoms with Gasteiger partial charge in [0.25, 0.3) is 0 Å². The molecule has 0 spiro atoms. The van der Waals surface area contributed by atoms with Crippen molar-refractivity contribution in [3.63, 3.8) is 0 Å². The van der Waals surface area contributed by atoms with Gasteiger partial charge in [0.2, 0.25) is 0 Å². The predicted molar refractivity (Wildman–Crippen MR) is 72.6 cm³/mol. The highest BCUT2D eigenvalue weighted by Crippen LogP contribution is 2.41. The van der Waals surface area contributed by atoms with E-state index in [-0.39, 0.29) is 41.5 Å². The number of nitrogens with zero attached hydrogens (tertiary/aromatic N) is 2. The molecule has 118 valence electrons. The van der Waals surface area contributed by atoms with Gasteiger partial charge in [-0.25, -0.2) is 9.97 Å². The number of alkyl halides is 2. The molecule has 0 atom stereocenters. The highest BCUT2D eigenvalue weighted by atomic mass is 19.3. The molecule has 1 aliphatic rings. The van der Waals surface area contributed by atoms with E-state index in [1.807, 2.05) is 0 Å². The van der Waals surface area contributed by atoms with E-state index in [4.69, 9.17) is 0 Å². The quantitative estimate of drug-likeness (QED) is 0.788. The molecule has 23 heavy (non-hydrogen) atoms. The van der Waals surface area contributed by atoms with Crippen LogP contribution in [0.15, 0.2) is 36.9 Å². The Hall–Kier alpha value is -2.90. The number of carbonyl (C=O) groups excluding carboxylic acids is 2. The Balaban J connectivity index is 1.65. The minimum atomic E-state index is -3.73. The molecule has 0 aliphatic carbocycles. The average Bonchev–Trinajstić information content (AvgIpc) is 2.85. The molecule has 1 aromatic carbocycles. The molecule has 2 heterocycles. The van der Waals surface area contributed by atoms with Crippen LogP contribution in [0.1, 0.15) is 33.6 Å². The van der Waals surface area contributed by atoms with Crippen molar-refractivity contribution in [3.8, 4) is 11.5 Å². The molecule has 0 amide bonds. The summed E-state index contributed by atoms with van der Waals surface area (Å²) in [5.74, 6) is -0.976. The van der Waals surface area contributed by atoms with E-state index in [9.17, 15) is 18.4 Å². The lowest BCUT2D eigenvalue weighted by atomic mass is 10.0. The zero-order valence-corrected chi connectivity index (χ0v) is 11.7. The highest BCUT2D eigenvalue weighted by molar-refractivity contribution is 6.02. The monoisotopic (exact) mass is 320 g/mol. The Labute approximate surface area is 129 Å². The second-order valence-electron chi connectivity index (χ2n) is 4.80. The maximum Gasteiger partial charge on any atom is 0.586 e. The smallest absolute Gasteiger partial charge is 0.395 e.